The Balaban J connectivity index is 2.43. The van der Waals surface area contributed by atoms with Gasteiger partial charge >= 0.3 is 6.09 Å². The van der Waals surface area contributed by atoms with E-state index in [1.54, 1.807) is 13.8 Å². The van der Waals surface area contributed by atoms with Crippen molar-refractivity contribution < 1.29 is 9.53 Å². The molecule has 3 N–H and O–H groups in total. The number of aromatic nitrogens is 3. The number of amides is 1. The maximum absolute atomic E-state index is 11.0. The van der Waals surface area contributed by atoms with E-state index in [1.165, 1.54) is 0 Å². The molecule has 0 aliphatic carbocycles. The molecule has 0 aliphatic rings. The van der Waals surface area contributed by atoms with E-state index >= 15 is 0 Å². The number of hydrogen-bond donors (Lipinski definition) is 3. The monoisotopic (exact) mass is 229 g/mol. The van der Waals surface area contributed by atoms with Gasteiger partial charge in [-0.25, -0.2) is 4.79 Å². The number of nitrogens with zero attached hydrogens (tertiary/aromatic N) is 2. The van der Waals surface area contributed by atoms with Crippen molar-refractivity contribution in [3.8, 4) is 0 Å². The van der Waals surface area contributed by atoms with Gasteiger partial charge in [0.2, 0.25) is 0 Å². The van der Waals surface area contributed by atoms with Gasteiger partial charge in [-0.15, -0.1) is 5.10 Å². The second-order valence-electron chi connectivity index (χ2n) is 2.56. The van der Waals surface area contributed by atoms with Gasteiger partial charge in [-0.1, -0.05) is 0 Å². The second-order valence-corrected chi connectivity index (χ2v) is 2.97. The first-order valence-electron chi connectivity index (χ1n) is 4.25. The van der Waals surface area contributed by atoms with Crippen LogP contribution in [-0.4, -0.2) is 33.2 Å². The molecule has 0 aromatic carbocycles. The van der Waals surface area contributed by atoms with Gasteiger partial charge in [-0.3, -0.25) is 5.32 Å². The van der Waals surface area contributed by atoms with Crippen molar-refractivity contribution in [2.75, 3.05) is 11.9 Å². The van der Waals surface area contributed by atoms with Crippen molar-refractivity contribution in [3.63, 3.8) is 0 Å². The van der Waals surface area contributed by atoms with E-state index in [2.05, 4.69) is 30.8 Å². The van der Waals surface area contributed by atoms with Crippen LogP contribution in [0.15, 0.2) is 0 Å². The van der Waals surface area contributed by atoms with Crippen LogP contribution in [0, 0.1) is 6.92 Å². The number of alkyl carbamates (subject to hydrolysis) is 1. The predicted molar refractivity (Wildman–Crippen MR) is 57.5 cm³/mol. The van der Waals surface area contributed by atoms with Gasteiger partial charge in [0.1, 0.15) is 5.69 Å². The molecule has 1 aromatic heterocycles. The number of thiocarbonyl (C=S) groups is 1. The molecule has 0 atom stereocenters. The molecule has 1 amide bonds. The van der Waals surface area contributed by atoms with Crippen molar-refractivity contribution in [2.45, 2.75) is 13.8 Å². The smallest absolute Gasteiger partial charge is 0.413 e. The number of hydrogen-bond acceptors (Lipinski definition) is 5. The summed E-state index contributed by atoms with van der Waals surface area (Å²) < 4.78 is 4.64. The molecule has 0 unspecified atom stereocenters. The van der Waals surface area contributed by atoms with Gasteiger partial charge < -0.3 is 10.1 Å². The van der Waals surface area contributed by atoms with Crippen LogP contribution in [0.2, 0.25) is 0 Å². The van der Waals surface area contributed by atoms with E-state index < -0.39 is 6.09 Å². The fraction of sp³-hybridized carbons (Fsp3) is 0.429. The first-order chi connectivity index (χ1) is 7.13. The highest BCUT2D eigenvalue weighted by Gasteiger charge is 2.07. The Labute approximate surface area is 91.6 Å². The molecule has 7 nitrogen and oxygen atoms in total. The second kappa shape index (κ2) is 5.25. The van der Waals surface area contributed by atoms with Gasteiger partial charge in [-0.2, -0.15) is 10.3 Å². The number of aromatic amines is 1. The fourth-order valence-electron chi connectivity index (χ4n) is 0.801. The number of carbonyl (C=O) groups is 1. The maximum Gasteiger partial charge on any atom is 0.413 e. The normalized spacial score (nSPS) is 9.47. The molecule has 0 bridgehead atoms. The average Bonchev–Trinajstić information content (AvgIpc) is 2.52. The summed E-state index contributed by atoms with van der Waals surface area (Å²) in [4.78, 5) is 11.0. The molecule has 0 saturated carbocycles. The van der Waals surface area contributed by atoms with Crippen molar-refractivity contribution in [3.05, 3.63) is 5.69 Å². The van der Waals surface area contributed by atoms with Gasteiger partial charge in [-0.05, 0) is 26.1 Å². The summed E-state index contributed by atoms with van der Waals surface area (Å²) in [5.41, 5.74) is 0.656. The number of nitrogens with one attached hydrogen (secondary N) is 3. The summed E-state index contributed by atoms with van der Waals surface area (Å²) >= 11 is 4.85. The third kappa shape index (κ3) is 3.50. The fourth-order valence-corrected chi connectivity index (χ4v) is 0.981. The van der Waals surface area contributed by atoms with Crippen LogP contribution in [0.1, 0.15) is 12.6 Å². The third-order valence-corrected chi connectivity index (χ3v) is 1.65. The Morgan fingerprint density at radius 1 is 1.60 bits per heavy atom. The minimum atomic E-state index is -0.601. The minimum Gasteiger partial charge on any atom is -0.450 e. The predicted octanol–water partition coefficient (Wildman–Crippen LogP) is 0.556. The minimum absolute atomic E-state index is 0.116. The molecule has 1 aromatic rings. The largest absolute Gasteiger partial charge is 0.450 e. The van der Waals surface area contributed by atoms with E-state index in [4.69, 9.17) is 12.2 Å². The summed E-state index contributed by atoms with van der Waals surface area (Å²) in [5, 5.41) is 15.1. The van der Waals surface area contributed by atoms with Crippen molar-refractivity contribution in [2.24, 2.45) is 0 Å². The number of H-pyrrole nitrogens is 1. The highest BCUT2D eigenvalue weighted by Crippen LogP contribution is 2.04. The van der Waals surface area contributed by atoms with Crippen molar-refractivity contribution in [1.29, 1.82) is 0 Å². The SMILES string of the molecule is CCOC(=O)NC(=S)Nc1n[nH]nc1C. The zero-order valence-corrected chi connectivity index (χ0v) is 9.14. The van der Waals surface area contributed by atoms with Gasteiger partial charge in [0.15, 0.2) is 10.9 Å². The third-order valence-electron chi connectivity index (χ3n) is 1.45. The average molecular weight is 229 g/mol. The first-order valence-corrected chi connectivity index (χ1v) is 4.66. The molecule has 0 saturated heterocycles. The number of ether oxygens (including phenoxy) is 1. The Bertz CT molecular complexity index is 364. The standard InChI is InChI=1S/C7H11N5O2S/c1-3-14-7(13)9-6(15)8-5-4(2)10-12-11-5/h3H2,1-2H3,(H3,8,9,10,11,12,13,15). The van der Waals surface area contributed by atoms with Gasteiger partial charge in [0.05, 0.1) is 6.61 Å². The van der Waals surface area contributed by atoms with Gasteiger partial charge in [0, 0.05) is 0 Å². The van der Waals surface area contributed by atoms with Crippen LogP contribution in [0.25, 0.3) is 0 Å². The highest BCUT2D eigenvalue weighted by atomic mass is 32.1. The summed E-state index contributed by atoms with van der Waals surface area (Å²) in [6, 6.07) is 0. The molecular formula is C7H11N5O2S. The first kappa shape index (κ1) is 11.4. The summed E-state index contributed by atoms with van der Waals surface area (Å²) in [6.07, 6.45) is -0.601. The number of carbonyl (C=O) groups excluding carboxylic acids is 1. The molecule has 0 aliphatic heterocycles. The van der Waals surface area contributed by atoms with E-state index in [-0.39, 0.29) is 11.7 Å². The summed E-state index contributed by atoms with van der Waals surface area (Å²) in [5.74, 6) is 0.469. The van der Waals surface area contributed by atoms with E-state index in [1.807, 2.05) is 0 Å². The molecule has 0 fully saturated rings. The van der Waals surface area contributed by atoms with Crippen molar-refractivity contribution in [1.82, 2.24) is 20.7 Å². The summed E-state index contributed by atoms with van der Waals surface area (Å²) in [6.45, 7) is 3.74. The molecule has 0 radical (unpaired) electrons. The number of anilines is 1. The Morgan fingerprint density at radius 3 is 2.87 bits per heavy atom. The molecule has 1 rings (SSSR count). The van der Waals surface area contributed by atoms with Crippen LogP contribution < -0.4 is 10.6 Å². The lowest BCUT2D eigenvalue weighted by Gasteiger charge is -2.06. The Hall–Kier alpha value is -1.70. The quantitative estimate of drug-likeness (QED) is 0.642. The van der Waals surface area contributed by atoms with E-state index in [0.29, 0.717) is 11.5 Å². The molecular weight excluding hydrogens is 218 g/mol. The zero-order chi connectivity index (χ0) is 11.3. The Kier molecular flexibility index (Phi) is 3.98. The molecule has 82 valence electrons. The van der Waals surface area contributed by atoms with Crippen LogP contribution >= 0.6 is 12.2 Å². The van der Waals surface area contributed by atoms with Gasteiger partial charge in [0.25, 0.3) is 0 Å². The summed E-state index contributed by atoms with van der Waals surface area (Å²) in [7, 11) is 0. The van der Waals surface area contributed by atoms with Crippen molar-refractivity contribution >= 4 is 29.2 Å². The topological polar surface area (TPSA) is 91.9 Å². The number of aryl methyl sites for hydroxylation is 1. The zero-order valence-electron chi connectivity index (χ0n) is 8.33. The molecule has 8 heteroatoms. The van der Waals surface area contributed by atoms with Crippen LogP contribution in [0.4, 0.5) is 10.6 Å². The lowest BCUT2D eigenvalue weighted by Crippen LogP contribution is -2.34. The lowest BCUT2D eigenvalue weighted by atomic mass is 10.5. The highest BCUT2D eigenvalue weighted by molar-refractivity contribution is 7.80. The van der Waals surface area contributed by atoms with E-state index in [9.17, 15) is 4.79 Å². The molecule has 15 heavy (non-hydrogen) atoms. The van der Waals surface area contributed by atoms with E-state index in [0.717, 1.165) is 0 Å². The lowest BCUT2D eigenvalue weighted by molar-refractivity contribution is 0.158. The maximum atomic E-state index is 11.0. The van der Waals surface area contributed by atoms with Crippen LogP contribution in [0.5, 0.6) is 0 Å². The number of rotatable bonds is 2. The van der Waals surface area contributed by atoms with Crippen LogP contribution in [0.3, 0.4) is 0 Å². The van der Waals surface area contributed by atoms with Crippen LogP contribution in [-0.2, 0) is 4.74 Å². The molecule has 0 spiro atoms. The Morgan fingerprint density at radius 2 is 2.33 bits per heavy atom. The molecule has 1 heterocycles.